The van der Waals surface area contributed by atoms with Gasteiger partial charge in [0.05, 0.1) is 0 Å². The summed E-state index contributed by atoms with van der Waals surface area (Å²) in [6.45, 7) is 0. The fraction of sp³-hybridized carbons (Fsp3) is 0.333. The second kappa shape index (κ2) is 2.17. The van der Waals surface area contributed by atoms with Gasteiger partial charge in [0.2, 0.25) is 0 Å². The van der Waals surface area contributed by atoms with Crippen LogP contribution in [0, 0.1) is 0 Å². The van der Waals surface area contributed by atoms with Crippen LogP contribution in [0.5, 0.6) is 0 Å². The lowest BCUT2D eigenvalue weighted by atomic mass is 10.3. The first-order valence-electron chi connectivity index (χ1n) is 2.34. The largest absolute Gasteiger partial charge is 0.122 e. The zero-order valence-electron chi connectivity index (χ0n) is 4.02. The molecule has 0 saturated heterocycles. The Bertz CT molecular complexity index is 111. The standard InChI is InChI=1S/C6H7Cl/c7-5-6-3-1-2-4-6/h1-3H,4-5H2. The van der Waals surface area contributed by atoms with E-state index < -0.39 is 0 Å². The maximum Gasteiger partial charge on any atom is 0.0439 e. The van der Waals surface area contributed by atoms with Crippen LogP contribution in [0.15, 0.2) is 23.8 Å². The normalized spacial score (nSPS) is 17.6. The first-order valence-corrected chi connectivity index (χ1v) is 2.87. The molecule has 0 spiro atoms. The van der Waals surface area contributed by atoms with Gasteiger partial charge in [0.15, 0.2) is 0 Å². The molecule has 0 saturated carbocycles. The van der Waals surface area contributed by atoms with Crippen LogP contribution in [0.1, 0.15) is 6.42 Å². The van der Waals surface area contributed by atoms with Crippen molar-refractivity contribution in [2.24, 2.45) is 0 Å². The summed E-state index contributed by atoms with van der Waals surface area (Å²) in [5.74, 6) is 0.688. The summed E-state index contributed by atoms with van der Waals surface area (Å²) in [6, 6.07) is 0. The maximum absolute atomic E-state index is 5.50. The summed E-state index contributed by atoms with van der Waals surface area (Å²) >= 11 is 5.50. The molecule has 7 heavy (non-hydrogen) atoms. The molecule has 0 aliphatic heterocycles. The van der Waals surface area contributed by atoms with Gasteiger partial charge in [-0.15, -0.1) is 11.6 Å². The maximum atomic E-state index is 5.50. The fourth-order valence-electron chi connectivity index (χ4n) is 0.591. The molecule has 0 amide bonds. The lowest BCUT2D eigenvalue weighted by molar-refractivity contribution is 1.26. The van der Waals surface area contributed by atoms with Crippen LogP contribution in [0.3, 0.4) is 0 Å². The van der Waals surface area contributed by atoms with Gasteiger partial charge in [-0.2, -0.15) is 0 Å². The van der Waals surface area contributed by atoms with E-state index in [0.29, 0.717) is 5.88 Å². The number of hydrogen-bond donors (Lipinski definition) is 0. The Kier molecular flexibility index (Phi) is 1.53. The average molecular weight is 115 g/mol. The summed E-state index contributed by atoms with van der Waals surface area (Å²) in [6.07, 6.45) is 7.27. The quantitative estimate of drug-likeness (QED) is 0.458. The second-order valence-corrected chi connectivity index (χ2v) is 1.86. The summed E-state index contributed by atoms with van der Waals surface area (Å²) in [5, 5.41) is 0. The van der Waals surface area contributed by atoms with E-state index >= 15 is 0 Å². The molecule has 0 N–H and O–H groups in total. The van der Waals surface area contributed by atoms with Crippen LogP contribution in [-0.2, 0) is 0 Å². The van der Waals surface area contributed by atoms with Crippen LogP contribution in [0.4, 0.5) is 0 Å². The first kappa shape index (κ1) is 4.92. The molecule has 0 bridgehead atoms. The molecule has 0 atom stereocenters. The van der Waals surface area contributed by atoms with Crippen molar-refractivity contribution in [2.45, 2.75) is 6.42 Å². The number of alkyl halides is 1. The van der Waals surface area contributed by atoms with E-state index in [1.807, 2.05) is 6.08 Å². The Balaban J connectivity index is 2.45. The third kappa shape index (κ3) is 1.07. The third-order valence-corrected chi connectivity index (χ3v) is 1.36. The predicted octanol–water partition coefficient (Wildman–Crippen LogP) is 2.11. The summed E-state index contributed by atoms with van der Waals surface area (Å²) in [7, 11) is 0. The lowest BCUT2D eigenvalue weighted by Gasteiger charge is -1.86. The van der Waals surface area contributed by atoms with Crippen LogP contribution >= 0.6 is 11.6 Å². The van der Waals surface area contributed by atoms with Crippen molar-refractivity contribution in [3.8, 4) is 0 Å². The zero-order valence-corrected chi connectivity index (χ0v) is 4.78. The highest BCUT2D eigenvalue weighted by Crippen LogP contribution is 2.10. The van der Waals surface area contributed by atoms with E-state index in [-0.39, 0.29) is 0 Å². The van der Waals surface area contributed by atoms with E-state index in [9.17, 15) is 0 Å². The molecule has 0 radical (unpaired) electrons. The van der Waals surface area contributed by atoms with Crippen molar-refractivity contribution < 1.29 is 0 Å². The van der Waals surface area contributed by atoms with Crippen molar-refractivity contribution in [3.63, 3.8) is 0 Å². The van der Waals surface area contributed by atoms with E-state index in [2.05, 4.69) is 12.2 Å². The highest BCUT2D eigenvalue weighted by atomic mass is 35.5. The molecule has 1 rings (SSSR count). The van der Waals surface area contributed by atoms with E-state index in [0.717, 1.165) is 6.42 Å². The molecule has 0 aromatic heterocycles. The Morgan fingerprint density at radius 1 is 1.71 bits per heavy atom. The lowest BCUT2D eigenvalue weighted by Crippen LogP contribution is -1.74. The van der Waals surface area contributed by atoms with Crippen molar-refractivity contribution in [1.82, 2.24) is 0 Å². The molecule has 1 aliphatic rings. The van der Waals surface area contributed by atoms with Gasteiger partial charge in [0, 0.05) is 5.88 Å². The van der Waals surface area contributed by atoms with Gasteiger partial charge in [0.25, 0.3) is 0 Å². The molecule has 1 aliphatic carbocycles. The van der Waals surface area contributed by atoms with Crippen molar-refractivity contribution in [3.05, 3.63) is 23.8 Å². The number of rotatable bonds is 1. The van der Waals surface area contributed by atoms with Gasteiger partial charge in [-0.3, -0.25) is 0 Å². The summed E-state index contributed by atoms with van der Waals surface area (Å²) in [4.78, 5) is 0. The average Bonchev–Trinajstić information content (AvgIpc) is 2.14. The van der Waals surface area contributed by atoms with E-state index in [4.69, 9.17) is 11.6 Å². The van der Waals surface area contributed by atoms with Crippen LogP contribution in [0.2, 0.25) is 0 Å². The number of hydrogen-bond acceptors (Lipinski definition) is 0. The molecule has 0 aromatic carbocycles. The highest BCUT2D eigenvalue weighted by Gasteiger charge is 1.93. The van der Waals surface area contributed by atoms with E-state index in [1.54, 1.807) is 0 Å². The molecule has 1 heteroatoms. The van der Waals surface area contributed by atoms with Crippen molar-refractivity contribution in [1.29, 1.82) is 0 Å². The Morgan fingerprint density at radius 3 is 2.86 bits per heavy atom. The third-order valence-electron chi connectivity index (χ3n) is 1.02. The van der Waals surface area contributed by atoms with Gasteiger partial charge in [-0.1, -0.05) is 23.8 Å². The molecule has 0 fully saturated rings. The minimum absolute atomic E-state index is 0.688. The van der Waals surface area contributed by atoms with E-state index in [1.165, 1.54) is 5.57 Å². The zero-order chi connectivity index (χ0) is 5.11. The molecule has 38 valence electrons. The van der Waals surface area contributed by atoms with Gasteiger partial charge in [0.1, 0.15) is 0 Å². The summed E-state index contributed by atoms with van der Waals surface area (Å²) in [5.41, 5.74) is 1.32. The first-order chi connectivity index (χ1) is 3.43. The molecular weight excluding hydrogens is 108 g/mol. The minimum Gasteiger partial charge on any atom is -0.122 e. The topological polar surface area (TPSA) is 0 Å². The van der Waals surface area contributed by atoms with Crippen LogP contribution < -0.4 is 0 Å². The van der Waals surface area contributed by atoms with Crippen molar-refractivity contribution in [2.75, 3.05) is 5.88 Å². The Hall–Kier alpha value is -0.230. The molecule has 0 unspecified atom stereocenters. The van der Waals surface area contributed by atoms with Crippen LogP contribution in [0.25, 0.3) is 0 Å². The van der Waals surface area contributed by atoms with Crippen molar-refractivity contribution >= 4 is 11.6 Å². The molecule has 0 aromatic rings. The molecule has 0 heterocycles. The Labute approximate surface area is 48.5 Å². The number of allylic oxidation sites excluding steroid dienone is 4. The predicted molar refractivity (Wildman–Crippen MR) is 32.6 cm³/mol. The smallest absolute Gasteiger partial charge is 0.0439 e. The van der Waals surface area contributed by atoms with Gasteiger partial charge < -0.3 is 0 Å². The monoisotopic (exact) mass is 114 g/mol. The number of halogens is 1. The van der Waals surface area contributed by atoms with Gasteiger partial charge in [-0.05, 0) is 6.42 Å². The molecular formula is C6H7Cl. The van der Waals surface area contributed by atoms with Gasteiger partial charge >= 0.3 is 0 Å². The SMILES string of the molecule is ClCC1=CC=CC1. The minimum atomic E-state index is 0.688. The highest BCUT2D eigenvalue weighted by molar-refractivity contribution is 6.19. The summed E-state index contributed by atoms with van der Waals surface area (Å²) < 4.78 is 0. The van der Waals surface area contributed by atoms with Crippen LogP contribution in [-0.4, -0.2) is 5.88 Å². The Morgan fingerprint density at radius 2 is 2.57 bits per heavy atom. The second-order valence-electron chi connectivity index (χ2n) is 1.59. The molecule has 0 nitrogen and oxygen atoms in total. The fourth-order valence-corrected chi connectivity index (χ4v) is 0.789. The van der Waals surface area contributed by atoms with Gasteiger partial charge in [-0.25, -0.2) is 0 Å².